The Balaban J connectivity index is 1.64. The summed E-state index contributed by atoms with van der Waals surface area (Å²) in [6.45, 7) is 2.91. The first-order chi connectivity index (χ1) is 17.5. The molecular formula is C27H32N4O5. The van der Waals surface area contributed by atoms with E-state index in [1.165, 1.54) is 7.11 Å². The van der Waals surface area contributed by atoms with E-state index in [9.17, 15) is 9.59 Å². The van der Waals surface area contributed by atoms with E-state index in [2.05, 4.69) is 10.1 Å². The van der Waals surface area contributed by atoms with Crippen LogP contribution in [0.3, 0.4) is 0 Å². The van der Waals surface area contributed by atoms with Gasteiger partial charge in [-0.3, -0.25) is 9.59 Å². The van der Waals surface area contributed by atoms with Gasteiger partial charge >= 0.3 is 0 Å². The van der Waals surface area contributed by atoms with Crippen molar-refractivity contribution in [2.24, 2.45) is 0 Å². The molecule has 2 amide bonds. The number of carbonyl (C=O) groups is 2. The van der Waals surface area contributed by atoms with E-state index < -0.39 is 0 Å². The van der Waals surface area contributed by atoms with Gasteiger partial charge in [-0.15, -0.1) is 0 Å². The van der Waals surface area contributed by atoms with E-state index in [0.29, 0.717) is 37.7 Å². The normalized spacial score (nSPS) is 15.2. The van der Waals surface area contributed by atoms with Crippen LogP contribution in [0.4, 0.5) is 5.69 Å². The number of amides is 2. The lowest BCUT2D eigenvalue weighted by Gasteiger charge is -2.27. The molecule has 36 heavy (non-hydrogen) atoms. The molecule has 0 saturated carbocycles. The average Bonchev–Trinajstić information content (AvgIpc) is 3.38. The molecule has 3 aromatic rings. The van der Waals surface area contributed by atoms with Crippen LogP contribution in [0.5, 0.6) is 5.75 Å². The maximum absolute atomic E-state index is 13.6. The molecule has 4 rings (SSSR count). The van der Waals surface area contributed by atoms with Crippen molar-refractivity contribution < 1.29 is 23.6 Å². The number of likely N-dealkylation sites (N-methyl/N-ethyl adjacent to an activating group) is 1. The third-order valence-corrected chi connectivity index (χ3v) is 6.26. The summed E-state index contributed by atoms with van der Waals surface area (Å²) in [5.74, 6) is 0.842. The largest absolute Gasteiger partial charge is 0.497 e. The second kappa shape index (κ2) is 11.8. The van der Waals surface area contributed by atoms with Gasteiger partial charge in [0.2, 0.25) is 0 Å². The first kappa shape index (κ1) is 25.4. The molecule has 0 unspecified atom stereocenters. The number of ether oxygens (including phenoxy) is 2. The van der Waals surface area contributed by atoms with Gasteiger partial charge in [-0.2, -0.15) is 0 Å². The first-order valence-corrected chi connectivity index (χ1v) is 12.0. The number of aromatic nitrogens is 1. The lowest BCUT2D eigenvalue weighted by Crippen LogP contribution is -2.37. The summed E-state index contributed by atoms with van der Waals surface area (Å²) < 4.78 is 15.9. The Morgan fingerprint density at radius 2 is 1.83 bits per heavy atom. The SMILES string of the molecule is COCC(=O)N1CCCN(C)CCN(C(=O)c2cc(-c3cccc(OC)c3)on2)Cc2ccccc21. The number of methoxy groups -OCH3 is 2. The van der Waals surface area contributed by atoms with E-state index in [-0.39, 0.29) is 24.1 Å². The Labute approximate surface area is 211 Å². The number of carbonyl (C=O) groups excluding carboxylic acids is 2. The zero-order chi connectivity index (χ0) is 25.5. The monoisotopic (exact) mass is 492 g/mol. The maximum Gasteiger partial charge on any atom is 0.276 e. The van der Waals surface area contributed by atoms with Crippen molar-refractivity contribution in [3.8, 4) is 17.1 Å². The summed E-state index contributed by atoms with van der Waals surface area (Å²) in [4.78, 5) is 32.2. The van der Waals surface area contributed by atoms with Gasteiger partial charge in [-0.1, -0.05) is 35.5 Å². The van der Waals surface area contributed by atoms with Gasteiger partial charge in [0.05, 0.1) is 7.11 Å². The molecule has 1 aromatic heterocycles. The third kappa shape index (κ3) is 5.92. The second-order valence-electron chi connectivity index (χ2n) is 8.80. The van der Waals surface area contributed by atoms with E-state index in [0.717, 1.165) is 29.8 Å². The van der Waals surface area contributed by atoms with Crippen molar-refractivity contribution in [1.29, 1.82) is 0 Å². The fourth-order valence-corrected chi connectivity index (χ4v) is 4.30. The van der Waals surface area contributed by atoms with Crippen LogP contribution in [0.2, 0.25) is 0 Å². The van der Waals surface area contributed by atoms with Gasteiger partial charge < -0.3 is 28.7 Å². The Hall–Kier alpha value is -3.69. The number of para-hydroxylation sites is 1. The van der Waals surface area contributed by atoms with Gasteiger partial charge in [0, 0.05) is 50.6 Å². The molecular weight excluding hydrogens is 460 g/mol. The Morgan fingerprint density at radius 1 is 1.00 bits per heavy atom. The highest BCUT2D eigenvalue weighted by molar-refractivity contribution is 5.96. The number of hydrogen-bond acceptors (Lipinski definition) is 7. The number of benzene rings is 2. The molecule has 0 N–H and O–H groups in total. The molecule has 0 spiro atoms. The fourth-order valence-electron chi connectivity index (χ4n) is 4.30. The molecule has 0 aliphatic carbocycles. The summed E-state index contributed by atoms with van der Waals surface area (Å²) in [6.07, 6.45) is 0.807. The van der Waals surface area contributed by atoms with Crippen LogP contribution in [-0.4, -0.2) is 80.8 Å². The Morgan fingerprint density at radius 3 is 2.64 bits per heavy atom. The molecule has 0 saturated heterocycles. The van der Waals surface area contributed by atoms with Crippen molar-refractivity contribution in [2.45, 2.75) is 13.0 Å². The topological polar surface area (TPSA) is 88.4 Å². The van der Waals surface area contributed by atoms with E-state index >= 15 is 0 Å². The Bertz CT molecular complexity index is 1190. The molecule has 0 fully saturated rings. The number of anilines is 1. The predicted molar refractivity (Wildman–Crippen MR) is 136 cm³/mol. The van der Waals surface area contributed by atoms with E-state index in [4.69, 9.17) is 14.0 Å². The average molecular weight is 493 g/mol. The second-order valence-corrected chi connectivity index (χ2v) is 8.80. The summed E-state index contributed by atoms with van der Waals surface area (Å²) >= 11 is 0. The van der Waals surface area contributed by atoms with Gasteiger partial charge in [-0.05, 0) is 43.8 Å². The van der Waals surface area contributed by atoms with Gasteiger partial charge in [0.15, 0.2) is 11.5 Å². The predicted octanol–water partition coefficient (Wildman–Crippen LogP) is 3.31. The highest BCUT2D eigenvalue weighted by Crippen LogP contribution is 2.27. The van der Waals surface area contributed by atoms with Crippen LogP contribution in [0, 0.1) is 0 Å². The molecule has 1 aliphatic rings. The highest BCUT2D eigenvalue weighted by atomic mass is 16.5. The Kier molecular flexibility index (Phi) is 8.35. The van der Waals surface area contributed by atoms with Crippen LogP contribution in [0.15, 0.2) is 59.1 Å². The highest BCUT2D eigenvalue weighted by Gasteiger charge is 2.25. The minimum Gasteiger partial charge on any atom is -0.497 e. The maximum atomic E-state index is 13.6. The fraction of sp³-hybridized carbons (Fsp3) is 0.370. The summed E-state index contributed by atoms with van der Waals surface area (Å²) in [6, 6.07) is 16.8. The van der Waals surface area contributed by atoms with Crippen molar-refractivity contribution in [3.63, 3.8) is 0 Å². The van der Waals surface area contributed by atoms with Crippen LogP contribution in [-0.2, 0) is 16.1 Å². The molecule has 9 heteroatoms. The van der Waals surface area contributed by atoms with Crippen molar-refractivity contribution in [3.05, 3.63) is 65.9 Å². The summed E-state index contributed by atoms with van der Waals surface area (Å²) in [5.41, 5.74) is 2.68. The van der Waals surface area contributed by atoms with Gasteiger partial charge in [0.1, 0.15) is 12.4 Å². The molecule has 2 aromatic carbocycles. The van der Waals surface area contributed by atoms with Gasteiger partial charge in [0.25, 0.3) is 11.8 Å². The smallest absolute Gasteiger partial charge is 0.276 e. The number of nitrogens with zero attached hydrogens (tertiary/aromatic N) is 4. The molecule has 190 valence electrons. The quantitative estimate of drug-likeness (QED) is 0.540. The van der Waals surface area contributed by atoms with Crippen molar-refractivity contribution >= 4 is 17.5 Å². The third-order valence-electron chi connectivity index (χ3n) is 6.26. The zero-order valence-electron chi connectivity index (χ0n) is 21.0. The molecule has 2 heterocycles. The van der Waals surface area contributed by atoms with E-state index in [1.807, 2.05) is 55.6 Å². The molecule has 1 aliphatic heterocycles. The zero-order valence-corrected chi connectivity index (χ0v) is 21.0. The van der Waals surface area contributed by atoms with Crippen LogP contribution < -0.4 is 9.64 Å². The number of rotatable bonds is 5. The molecule has 0 radical (unpaired) electrons. The summed E-state index contributed by atoms with van der Waals surface area (Å²) in [5, 5.41) is 4.08. The first-order valence-electron chi connectivity index (χ1n) is 12.0. The lowest BCUT2D eigenvalue weighted by atomic mass is 10.1. The van der Waals surface area contributed by atoms with Crippen LogP contribution in [0.25, 0.3) is 11.3 Å². The molecule has 9 nitrogen and oxygen atoms in total. The van der Waals surface area contributed by atoms with Gasteiger partial charge in [-0.25, -0.2) is 0 Å². The molecule has 0 bridgehead atoms. The van der Waals surface area contributed by atoms with Crippen LogP contribution >= 0.6 is 0 Å². The minimum atomic E-state index is -0.231. The van der Waals surface area contributed by atoms with Crippen LogP contribution in [0.1, 0.15) is 22.5 Å². The standard InChI is InChI=1S/C27H32N4O5/c1-29-12-7-13-31(26(32)19-34-2)24-11-5-4-8-21(24)18-30(15-14-29)27(33)23-17-25(36-28-23)20-9-6-10-22(16-20)35-3/h4-6,8-11,16-17H,7,12-15,18-19H2,1-3H3. The van der Waals surface area contributed by atoms with Crippen molar-refractivity contribution in [1.82, 2.24) is 15.0 Å². The lowest BCUT2D eigenvalue weighted by molar-refractivity contribution is -0.122. The van der Waals surface area contributed by atoms with E-state index in [1.54, 1.807) is 23.0 Å². The molecule has 0 atom stereocenters. The van der Waals surface area contributed by atoms with Crippen molar-refractivity contribution in [2.75, 3.05) is 59.0 Å². The number of fused-ring (bicyclic) bond motifs is 1. The summed E-state index contributed by atoms with van der Waals surface area (Å²) in [7, 11) is 5.14. The minimum absolute atomic E-state index is 0.00118. The number of hydrogen-bond donors (Lipinski definition) is 0.